The third-order valence-electron chi connectivity index (χ3n) is 3.50. The molecule has 0 spiro atoms. The van der Waals surface area contributed by atoms with Crippen LogP contribution in [-0.4, -0.2) is 18.2 Å². The molecule has 3 aromatic rings. The molecule has 0 bridgehead atoms. The number of halogens is 3. The Bertz CT molecular complexity index is 1020. The Morgan fingerprint density at radius 3 is 2.35 bits per heavy atom. The summed E-state index contributed by atoms with van der Waals surface area (Å²) in [5, 5.41) is 5.31. The average molecular weight is 431 g/mol. The van der Waals surface area contributed by atoms with Crippen LogP contribution in [0.1, 0.15) is 11.1 Å². The topological polar surface area (TPSA) is 64.0 Å². The van der Waals surface area contributed by atoms with Gasteiger partial charge in [0.15, 0.2) is 5.82 Å². The number of rotatable bonds is 6. The molecule has 26 heavy (non-hydrogen) atoms. The van der Waals surface area contributed by atoms with Gasteiger partial charge in [-0.2, -0.15) is 5.10 Å². The molecule has 0 aliphatic rings. The van der Waals surface area contributed by atoms with Crippen LogP contribution < -0.4 is 4.72 Å². The zero-order valence-electron chi connectivity index (χ0n) is 13.4. The monoisotopic (exact) mass is 429 g/mol. The van der Waals surface area contributed by atoms with E-state index in [1.54, 1.807) is 42.6 Å². The minimum atomic E-state index is -3.63. The molecule has 0 aliphatic carbocycles. The van der Waals surface area contributed by atoms with Crippen molar-refractivity contribution in [3.05, 3.63) is 80.9 Å². The summed E-state index contributed by atoms with van der Waals surface area (Å²) in [5.74, 6) is -0.0771. The van der Waals surface area contributed by atoms with Gasteiger partial charge < -0.3 is 0 Å². The summed E-state index contributed by atoms with van der Waals surface area (Å²) in [4.78, 5) is 0. The van der Waals surface area contributed by atoms with E-state index in [1.807, 2.05) is 12.1 Å². The van der Waals surface area contributed by atoms with Gasteiger partial charge in [0.2, 0.25) is 10.0 Å². The maximum atomic E-state index is 12.3. The van der Waals surface area contributed by atoms with E-state index in [0.717, 1.165) is 5.56 Å². The fourth-order valence-electron chi connectivity index (χ4n) is 2.35. The molecule has 1 aromatic heterocycles. The molecular formula is C17H14Cl3N3O2S. The van der Waals surface area contributed by atoms with Crippen LogP contribution in [0.25, 0.3) is 0 Å². The summed E-state index contributed by atoms with van der Waals surface area (Å²) in [6.07, 6.45) is 1.55. The molecule has 0 saturated carbocycles. The number of anilines is 1. The first-order valence-electron chi connectivity index (χ1n) is 7.54. The van der Waals surface area contributed by atoms with Crippen molar-refractivity contribution in [2.75, 3.05) is 4.72 Å². The molecule has 5 nitrogen and oxygen atoms in total. The van der Waals surface area contributed by atoms with Gasteiger partial charge >= 0.3 is 0 Å². The Hall–Kier alpha value is -1.73. The van der Waals surface area contributed by atoms with Gasteiger partial charge in [0.25, 0.3) is 0 Å². The molecule has 1 heterocycles. The van der Waals surface area contributed by atoms with Crippen LogP contribution in [0, 0.1) is 0 Å². The Labute approximate surface area is 166 Å². The molecule has 0 atom stereocenters. The Kier molecular flexibility index (Phi) is 5.77. The summed E-state index contributed by atoms with van der Waals surface area (Å²) in [7, 11) is -3.63. The van der Waals surface area contributed by atoms with Gasteiger partial charge in [0.1, 0.15) is 5.02 Å². The van der Waals surface area contributed by atoms with Crippen molar-refractivity contribution in [3.8, 4) is 0 Å². The largest absolute Gasteiger partial charge is 0.265 e. The molecule has 0 amide bonds. The van der Waals surface area contributed by atoms with E-state index in [4.69, 9.17) is 34.8 Å². The summed E-state index contributed by atoms with van der Waals surface area (Å²) in [5.41, 5.74) is 1.53. The lowest BCUT2D eigenvalue weighted by Crippen LogP contribution is -2.16. The molecular weight excluding hydrogens is 417 g/mol. The second-order valence-electron chi connectivity index (χ2n) is 5.62. The van der Waals surface area contributed by atoms with Crippen LogP contribution in [0.5, 0.6) is 0 Å². The minimum Gasteiger partial charge on any atom is -0.265 e. The fraction of sp³-hybridized carbons (Fsp3) is 0.118. The molecule has 0 fully saturated rings. The number of sulfonamides is 1. The third-order valence-corrected chi connectivity index (χ3v) is 5.73. The SMILES string of the molecule is O=S(=O)(Cc1ccccc1)Nc1nn(Cc2ccc(Cl)c(Cl)c2)cc1Cl. The van der Waals surface area contributed by atoms with Crippen LogP contribution in [-0.2, 0) is 22.3 Å². The average Bonchev–Trinajstić information content (AvgIpc) is 2.90. The number of aromatic nitrogens is 2. The molecule has 0 aliphatic heterocycles. The van der Waals surface area contributed by atoms with Gasteiger partial charge in [0.05, 0.1) is 22.3 Å². The lowest BCUT2D eigenvalue weighted by molar-refractivity contribution is 0.600. The van der Waals surface area contributed by atoms with Crippen molar-refractivity contribution < 1.29 is 8.42 Å². The predicted molar refractivity (Wildman–Crippen MR) is 105 cm³/mol. The molecule has 0 radical (unpaired) electrons. The molecule has 2 aromatic carbocycles. The van der Waals surface area contributed by atoms with E-state index in [0.29, 0.717) is 22.2 Å². The van der Waals surface area contributed by atoms with Gasteiger partial charge in [-0.1, -0.05) is 71.2 Å². The number of nitrogens with one attached hydrogen (secondary N) is 1. The summed E-state index contributed by atoms with van der Waals surface area (Å²) in [6.45, 7) is 0.372. The quantitative estimate of drug-likeness (QED) is 0.609. The van der Waals surface area contributed by atoms with Crippen molar-refractivity contribution in [2.45, 2.75) is 12.3 Å². The van der Waals surface area contributed by atoms with E-state index in [-0.39, 0.29) is 16.6 Å². The van der Waals surface area contributed by atoms with Crippen molar-refractivity contribution in [1.29, 1.82) is 0 Å². The van der Waals surface area contributed by atoms with Gasteiger partial charge in [0, 0.05) is 6.20 Å². The van der Waals surface area contributed by atoms with Gasteiger partial charge in [-0.05, 0) is 23.3 Å². The van der Waals surface area contributed by atoms with Crippen LogP contribution >= 0.6 is 34.8 Å². The predicted octanol–water partition coefficient (Wildman–Crippen LogP) is 4.83. The number of benzene rings is 2. The van der Waals surface area contributed by atoms with E-state index in [2.05, 4.69) is 9.82 Å². The second kappa shape index (κ2) is 7.88. The normalized spacial score (nSPS) is 11.5. The lowest BCUT2D eigenvalue weighted by atomic mass is 10.2. The van der Waals surface area contributed by atoms with Crippen molar-refractivity contribution in [3.63, 3.8) is 0 Å². The van der Waals surface area contributed by atoms with Gasteiger partial charge in [-0.15, -0.1) is 0 Å². The van der Waals surface area contributed by atoms with Gasteiger partial charge in [-0.3, -0.25) is 9.40 Å². The molecule has 0 unspecified atom stereocenters. The molecule has 9 heteroatoms. The summed E-state index contributed by atoms with van der Waals surface area (Å²) in [6, 6.07) is 14.1. The van der Waals surface area contributed by atoms with Crippen LogP contribution in [0.15, 0.2) is 54.7 Å². The highest BCUT2D eigenvalue weighted by Gasteiger charge is 2.16. The molecule has 136 valence electrons. The first kappa shape index (κ1) is 19.0. The second-order valence-corrected chi connectivity index (χ2v) is 8.56. The number of hydrogen-bond donors (Lipinski definition) is 1. The Morgan fingerprint density at radius 2 is 1.65 bits per heavy atom. The molecule has 1 N–H and O–H groups in total. The van der Waals surface area contributed by atoms with E-state index >= 15 is 0 Å². The van der Waals surface area contributed by atoms with Crippen LogP contribution in [0.3, 0.4) is 0 Å². The van der Waals surface area contributed by atoms with Crippen LogP contribution in [0.2, 0.25) is 15.1 Å². The fourth-order valence-corrected chi connectivity index (χ4v) is 4.07. The lowest BCUT2D eigenvalue weighted by Gasteiger charge is -2.06. The maximum Gasteiger partial charge on any atom is 0.238 e. The van der Waals surface area contributed by atoms with E-state index < -0.39 is 10.0 Å². The summed E-state index contributed by atoms with van der Waals surface area (Å²) >= 11 is 18.0. The minimum absolute atomic E-state index is 0.0858. The smallest absolute Gasteiger partial charge is 0.238 e. The highest BCUT2D eigenvalue weighted by atomic mass is 35.5. The molecule has 3 rings (SSSR count). The number of hydrogen-bond acceptors (Lipinski definition) is 3. The van der Waals surface area contributed by atoms with E-state index in [9.17, 15) is 8.42 Å². The highest BCUT2D eigenvalue weighted by Crippen LogP contribution is 2.25. The molecule has 0 saturated heterocycles. The number of nitrogens with zero attached hydrogens (tertiary/aromatic N) is 2. The summed E-state index contributed by atoms with van der Waals surface area (Å²) < 4.78 is 28.6. The van der Waals surface area contributed by atoms with Crippen molar-refractivity contribution in [1.82, 2.24) is 9.78 Å². The van der Waals surface area contributed by atoms with E-state index in [1.165, 1.54) is 4.68 Å². The maximum absolute atomic E-state index is 12.3. The standard InChI is InChI=1S/C17H14Cl3N3O2S/c18-14-7-6-13(8-15(14)19)9-23-10-16(20)17(21-23)22-26(24,25)11-12-4-2-1-3-5-12/h1-8,10H,9,11H2,(H,21,22). The zero-order chi connectivity index (χ0) is 18.7. The van der Waals surface area contributed by atoms with Crippen molar-refractivity contribution in [2.24, 2.45) is 0 Å². The van der Waals surface area contributed by atoms with Crippen molar-refractivity contribution >= 4 is 50.6 Å². The van der Waals surface area contributed by atoms with Crippen LogP contribution in [0.4, 0.5) is 5.82 Å². The Balaban J connectivity index is 1.74. The highest BCUT2D eigenvalue weighted by molar-refractivity contribution is 7.91. The third kappa shape index (κ3) is 4.92. The first-order chi connectivity index (χ1) is 12.3. The Morgan fingerprint density at radius 1 is 0.923 bits per heavy atom. The first-order valence-corrected chi connectivity index (χ1v) is 10.3. The van der Waals surface area contributed by atoms with Gasteiger partial charge in [-0.25, -0.2) is 8.42 Å². The zero-order valence-corrected chi connectivity index (χ0v) is 16.4.